The fourth-order valence-corrected chi connectivity index (χ4v) is 4.88. The Morgan fingerprint density at radius 2 is 1.49 bits per heavy atom. The number of rotatable bonds is 11. The minimum atomic E-state index is -5.42. The zero-order valence-corrected chi connectivity index (χ0v) is 20.6. The number of hydrogen-bond acceptors (Lipinski definition) is 16. The standard InChI is InChI=1S/C13H23NO20S3/c1-29-8-6(16)9(34-37(26,27)28)13(33-10(8)11(17)18)32-7-3(2-30-36(23,24)25)31-12(19)4(5(7)15)14-35(20,21)22/h3-10,12-16,19H,2H2,1H3,(H,17,18)(H,20,21,22)(H,23,24,25)(H,26,27,28)/t3-,4?,5-,6+,7?,8?,9?,10+,12+,13?/m1/s1. The maximum Gasteiger partial charge on any atom is 0.397 e. The van der Waals surface area contributed by atoms with E-state index in [9.17, 15) is 50.5 Å². The molecule has 0 aromatic carbocycles. The molecule has 2 saturated heterocycles. The Bertz CT molecular complexity index is 1120. The van der Waals surface area contributed by atoms with Gasteiger partial charge in [0.05, 0.1) is 6.61 Å². The molecule has 2 heterocycles. The number of ether oxygens (including phenoxy) is 4. The second kappa shape index (κ2) is 11.9. The average molecular weight is 610 g/mol. The van der Waals surface area contributed by atoms with Crippen LogP contribution in [0.5, 0.6) is 0 Å². The molecule has 2 aliphatic heterocycles. The average Bonchev–Trinajstić information content (AvgIpc) is 2.71. The molecule has 0 spiro atoms. The summed E-state index contributed by atoms with van der Waals surface area (Å²) in [6.07, 6.45) is -19.8. The second-order valence-corrected chi connectivity index (χ2v) is 10.8. The van der Waals surface area contributed by atoms with Gasteiger partial charge in [-0.05, 0) is 0 Å². The van der Waals surface area contributed by atoms with Crippen molar-refractivity contribution in [2.75, 3.05) is 13.7 Å². The molecule has 10 atom stereocenters. The van der Waals surface area contributed by atoms with Crippen molar-refractivity contribution >= 4 is 37.1 Å². The van der Waals surface area contributed by atoms with Crippen LogP contribution in [0.3, 0.4) is 0 Å². The number of methoxy groups -OCH3 is 1. The molecule has 0 saturated carbocycles. The van der Waals surface area contributed by atoms with E-state index < -0.39 is 105 Å². The summed E-state index contributed by atoms with van der Waals surface area (Å²) in [5, 5.41) is 40.5. The highest BCUT2D eigenvalue weighted by molar-refractivity contribution is 7.83. The van der Waals surface area contributed by atoms with Crippen molar-refractivity contribution in [1.82, 2.24) is 4.72 Å². The number of carboxylic acid groups (broad SMARTS) is 1. The molecule has 0 bridgehead atoms. The normalized spacial score (nSPS) is 37.8. The van der Waals surface area contributed by atoms with Crippen LogP contribution in [0.2, 0.25) is 0 Å². The fraction of sp³-hybridized carbons (Fsp3) is 0.923. The van der Waals surface area contributed by atoms with E-state index in [1.165, 1.54) is 4.72 Å². The molecule has 24 heteroatoms. The first-order valence-corrected chi connectivity index (χ1v) is 13.7. The minimum Gasteiger partial charge on any atom is -0.479 e. The summed E-state index contributed by atoms with van der Waals surface area (Å²) in [5.41, 5.74) is 0. The van der Waals surface area contributed by atoms with Gasteiger partial charge in [0.15, 0.2) is 24.8 Å². The predicted octanol–water partition coefficient (Wildman–Crippen LogP) is -5.60. The number of carboxylic acids is 1. The Kier molecular flexibility index (Phi) is 10.3. The van der Waals surface area contributed by atoms with E-state index in [1.807, 2.05) is 0 Å². The molecule has 0 amide bonds. The highest BCUT2D eigenvalue weighted by atomic mass is 32.3. The van der Waals surface area contributed by atoms with Crippen LogP contribution < -0.4 is 4.72 Å². The van der Waals surface area contributed by atoms with Crippen LogP contribution in [0, 0.1) is 0 Å². The van der Waals surface area contributed by atoms with Gasteiger partial charge in [-0.25, -0.2) is 13.2 Å². The highest BCUT2D eigenvalue weighted by Gasteiger charge is 2.55. The van der Waals surface area contributed by atoms with Crippen LogP contribution in [0.1, 0.15) is 0 Å². The topological polar surface area (TPSA) is 329 Å². The summed E-state index contributed by atoms with van der Waals surface area (Å²) < 4.78 is 124. The molecule has 8 N–H and O–H groups in total. The molecule has 2 rings (SSSR count). The van der Waals surface area contributed by atoms with Gasteiger partial charge in [0.25, 0.3) is 0 Å². The summed E-state index contributed by atoms with van der Waals surface area (Å²) in [5.74, 6) is -1.79. The molecule has 0 aliphatic carbocycles. The fourth-order valence-electron chi connectivity index (χ4n) is 3.48. The molecule has 218 valence electrons. The van der Waals surface area contributed by atoms with Gasteiger partial charge in [-0.15, -0.1) is 0 Å². The predicted molar refractivity (Wildman–Crippen MR) is 107 cm³/mol. The monoisotopic (exact) mass is 609 g/mol. The molecule has 0 radical (unpaired) electrons. The van der Waals surface area contributed by atoms with Crippen LogP contribution in [-0.4, -0.2) is 140 Å². The van der Waals surface area contributed by atoms with E-state index in [2.05, 4.69) is 8.37 Å². The van der Waals surface area contributed by atoms with Crippen LogP contribution in [0.15, 0.2) is 0 Å². The lowest BCUT2D eigenvalue weighted by molar-refractivity contribution is -0.337. The lowest BCUT2D eigenvalue weighted by atomic mass is 9.96. The van der Waals surface area contributed by atoms with E-state index in [0.29, 0.717) is 0 Å². The zero-order chi connectivity index (χ0) is 28.5. The molecular formula is C13H23NO20S3. The van der Waals surface area contributed by atoms with Gasteiger partial charge in [0.2, 0.25) is 0 Å². The summed E-state index contributed by atoms with van der Waals surface area (Å²) in [7, 11) is -14.9. The second-order valence-electron chi connectivity index (χ2n) is 7.43. The van der Waals surface area contributed by atoms with Crippen LogP contribution >= 0.6 is 0 Å². The van der Waals surface area contributed by atoms with Gasteiger partial charge in [-0.3, -0.25) is 13.7 Å². The van der Waals surface area contributed by atoms with Gasteiger partial charge in [-0.2, -0.15) is 30.0 Å². The number of carbonyl (C=O) groups is 1. The summed E-state index contributed by atoms with van der Waals surface area (Å²) >= 11 is 0. The first kappa shape index (κ1) is 32.0. The van der Waals surface area contributed by atoms with Crippen molar-refractivity contribution in [3.8, 4) is 0 Å². The number of aliphatic hydroxyl groups excluding tert-OH is 3. The number of hydrogen-bond donors (Lipinski definition) is 8. The van der Waals surface area contributed by atoms with Gasteiger partial charge in [0.1, 0.15) is 36.6 Å². The molecule has 21 nitrogen and oxygen atoms in total. The van der Waals surface area contributed by atoms with Gasteiger partial charge < -0.3 is 39.4 Å². The van der Waals surface area contributed by atoms with Crippen molar-refractivity contribution in [3.63, 3.8) is 0 Å². The van der Waals surface area contributed by atoms with Crippen molar-refractivity contribution < 1.29 is 91.4 Å². The first-order valence-electron chi connectivity index (χ1n) is 9.52. The first-order chi connectivity index (χ1) is 16.7. The molecule has 0 aromatic heterocycles. The molecule has 2 fully saturated rings. The van der Waals surface area contributed by atoms with Crippen molar-refractivity contribution in [2.24, 2.45) is 0 Å². The summed E-state index contributed by atoms with van der Waals surface area (Å²) in [4.78, 5) is 11.6. The SMILES string of the molecule is COC1[C@H](O)C(OS(=O)(=O)O)C(OC2[C@H](O)C(NS(=O)(=O)O)[C@@H](O)O[C@@H]2COS(=O)(=O)O)O[C@@H]1C(=O)O. The Morgan fingerprint density at radius 3 is 1.95 bits per heavy atom. The van der Waals surface area contributed by atoms with Gasteiger partial charge in [0, 0.05) is 7.11 Å². The Labute approximate surface area is 208 Å². The Morgan fingerprint density at radius 1 is 0.892 bits per heavy atom. The quantitative estimate of drug-likeness (QED) is 0.101. The maximum absolute atomic E-state index is 11.6. The van der Waals surface area contributed by atoms with Crippen LogP contribution in [0.4, 0.5) is 0 Å². The van der Waals surface area contributed by atoms with Crippen molar-refractivity contribution in [3.05, 3.63) is 0 Å². The van der Waals surface area contributed by atoms with Crippen molar-refractivity contribution in [1.29, 1.82) is 0 Å². The van der Waals surface area contributed by atoms with Crippen molar-refractivity contribution in [2.45, 2.75) is 61.3 Å². The van der Waals surface area contributed by atoms with Gasteiger partial charge in [-0.1, -0.05) is 0 Å². The van der Waals surface area contributed by atoms with E-state index in [1.54, 1.807) is 0 Å². The third-order valence-corrected chi connectivity index (χ3v) is 6.39. The Balaban J connectivity index is 2.49. The third-order valence-electron chi connectivity index (χ3n) is 4.92. The minimum absolute atomic E-state index is 0.896. The molecule has 2 aliphatic rings. The maximum atomic E-state index is 11.6. The molecule has 37 heavy (non-hydrogen) atoms. The number of aliphatic carboxylic acids is 1. The smallest absolute Gasteiger partial charge is 0.397 e. The van der Waals surface area contributed by atoms with E-state index in [4.69, 9.17) is 32.6 Å². The summed E-state index contributed by atoms with van der Waals surface area (Å²) in [6, 6.07) is -2.17. The molecule has 0 aromatic rings. The Hall–Kier alpha value is -1.20. The largest absolute Gasteiger partial charge is 0.479 e. The number of nitrogens with one attached hydrogen (secondary N) is 1. The number of aliphatic hydroxyl groups is 3. The van der Waals surface area contributed by atoms with E-state index >= 15 is 0 Å². The van der Waals surface area contributed by atoms with E-state index in [-0.39, 0.29) is 0 Å². The zero-order valence-electron chi connectivity index (χ0n) is 18.1. The van der Waals surface area contributed by atoms with E-state index in [0.717, 1.165) is 7.11 Å². The van der Waals surface area contributed by atoms with Crippen LogP contribution in [0.25, 0.3) is 0 Å². The lowest BCUT2D eigenvalue weighted by Gasteiger charge is -2.46. The summed E-state index contributed by atoms with van der Waals surface area (Å²) in [6.45, 7) is -1.27. The van der Waals surface area contributed by atoms with Gasteiger partial charge >= 0.3 is 37.1 Å². The third kappa shape index (κ3) is 8.92. The molecule has 5 unspecified atom stereocenters. The van der Waals surface area contributed by atoms with Crippen LogP contribution in [-0.2, 0) is 63.2 Å². The molecular weight excluding hydrogens is 586 g/mol. The lowest BCUT2D eigenvalue weighted by Crippen LogP contribution is -2.68. The highest BCUT2D eigenvalue weighted by Crippen LogP contribution is 2.32.